The summed E-state index contributed by atoms with van der Waals surface area (Å²) < 4.78 is 68.3. The molecule has 90 heavy (non-hydrogen) atoms. The first kappa shape index (κ1) is 88.1. The maximum Gasteiger partial charge on any atom is 0.472 e. The van der Waals surface area contributed by atoms with Crippen molar-refractivity contribution in [1.82, 2.24) is 0 Å². The summed E-state index contributed by atoms with van der Waals surface area (Å²) in [6.45, 7) is 9.57. The summed E-state index contributed by atoms with van der Waals surface area (Å²) in [5.74, 6) is -0.513. The average Bonchev–Trinajstić information content (AvgIpc) is 3.71. The van der Waals surface area contributed by atoms with Crippen LogP contribution in [0.3, 0.4) is 0 Å². The van der Waals surface area contributed by atoms with Crippen LogP contribution in [-0.2, 0) is 65.4 Å². The number of aliphatic hydroxyl groups excluding tert-OH is 1. The van der Waals surface area contributed by atoms with E-state index >= 15 is 0 Å². The van der Waals surface area contributed by atoms with Gasteiger partial charge in [-0.1, -0.05) is 311 Å². The summed E-state index contributed by atoms with van der Waals surface area (Å²) in [6.07, 6.45) is 48.4. The van der Waals surface area contributed by atoms with Crippen molar-refractivity contribution >= 4 is 39.5 Å². The monoisotopic (exact) mass is 1320 g/mol. The SMILES string of the molecule is CCCCCCCCCCCCCCCCCC(=O)O[C@H](COC(=O)CCCCCCCCCCCCC(C)CC)COP(=O)(O)OC[C@@H](O)COP(=O)(O)OC[C@@H](COC(=O)CCCCCCCCC)OC(=O)CCCCCCCCCCCCC(C)CC. The predicted octanol–water partition coefficient (Wildman–Crippen LogP) is 20.4. The van der Waals surface area contributed by atoms with Gasteiger partial charge in [0, 0.05) is 25.7 Å². The van der Waals surface area contributed by atoms with Gasteiger partial charge in [0.05, 0.1) is 26.4 Å². The van der Waals surface area contributed by atoms with E-state index in [1.165, 1.54) is 167 Å². The van der Waals surface area contributed by atoms with Crippen LogP contribution in [0.5, 0.6) is 0 Å². The minimum absolute atomic E-state index is 0.106. The largest absolute Gasteiger partial charge is 0.472 e. The smallest absolute Gasteiger partial charge is 0.462 e. The molecule has 0 heterocycles. The second-order valence-corrected chi connectivity index (χ2v) is 29.0. The van der Waals surface area contributed by atoms with E-state index in [0.29, 0.717) is 25.7 Å². The number of phosphoric acid groups is 2. The van der Waals surface area contributed by atoms with E-state index in [0.717, 1.165) is 115 Å². The van der Waals surface area contributed by atoms with Gasteiger partial charge in [0.25, 0.3) is 0 Å². The van der Waals surface area contributed by atoms with Gasteiger partial charge in [0.15, 0.2) is 12.2 Å². The first-order valence-corrected chi connectivity index (χ1v) is 40.1. The number of unbranched alkanes of at least 4 members (excludes halogenated alkanes) is 38. The van der Waals surface area contributed by atoms with E-state index in [1.54, 1.807) is 0 Å². The Labute approximate surface area is 549 Å². The lowest BCUT2D eigenvalue weighted by Gasteiger charge is -2.21. The fourth-order valence-corrected chi connectivity index (χ4v) is 12.3. The summed E-state index contributed by atoms with van der Waals surface area (Å²) in [5, 5.41) is 10.6. The standard InChI is InChI=1S/C71H138O17P2/c1-7-11-13-15-17-18-19-20-21-22-23-31-37-43-49-55-70(75)88-67(60-82-69(74)54-48-42-36-30-26-24-28-34-39-45-51-63(5)9-3)62-86-90(79,80)84-58-65(72)57-83-89(77,78)85-61-66(59-81-68(73)53-47-41-33-16-14-12-8-2)87-71(76)56-50-44-38-32-27-25-29-35-40-46-52-64(6)10-4/h63-67,72H,7-62H2,1-6H3,(H,77,78)(H,79,80)/t63?,64?,65-,66+,67+/m0/s1. The molecule has 0 amide bonds. The number of phosphoric ester groups is 2. The molecular formula is C71H138O17P2. The van der Waals surface area contributed by atoms with Crippen LogP contribution in [0, 0.1) is 11.8 Å². The second-order valence-electron chi connectivity index (χ2n) is 26.1. The fraction of sp³-hybridized carbons (Fsp3) is 0.944. The number of ether oxygens (including phenoxy) is 4. The van der Waals surface area contributed by atoms with Gasteiger partial charge in [0.1, 0.15) is 19.3 Å². The number of carbonyl (C=O) groups excluding carboxylic acids is 4. The van der Waals surface area contributed by atoms with Crippen molar-refractivity contribution in [3.8, 4) is 0 Å². The maximum absolute atomic E-state index is 13.0. The van der Waals surface area contributed by atoms with Gasteiger partial charge in [-0.3, -0.25) is 37.3 Å². The van der Waals surface area contributed by atoms with Crippen molar-refractivity contribution < 1.29 is 80.2 Å². The molecule has 19 heteroatoms. The highest BCUT2D eigenvalue weighted by atomic mass is 31.2. The molecule has 0 bridgehead atoms. The van der Waals surface area contributed by atoms with Crippen LogP contribution in [0.2, 0.25) is 0 Å². The minimum Gasteiger partial charge on any atom is -0.462 e. The van der Waals surface area contributed by atoms with Crippen LogP contribution < -0.4 is 0 Å². The third kappa shape index (κ3) is 62.2. The molecule has 0 aliphatic heterocycles. The fourth-order valence-electron chi connectivity index (χ4n) is 10.7. The lowest BCUT2D eigenvalue weighted by Crippen LogP contribution is -2.30. The minimum atomic E-state index is -4.95. The van der Waals surface area contributed by atoms with Crippen LogP contribution in [0.1, 0.15) is 363 Å². The molecule has 7 atom stereocenters. The number of carbonyl (C=O) groups is 4. The van der Waals surface area contributed by atoms with E-state index in [2.05, 4.69) is 41.5 Å². The normalized spacial score (nSPS) is 14.7. The summed E-state index contributed by atoms with van der Waals surface area (Å²) in [4.78, 5) is 72.5. The Bertz CT molecular complexity index is 1760. The van der Waals surface area contributed by atoms with E-state index in [9.17, 15) is 43.2 Å². The van der Waals surface area contributed by atoms with Crippen molar-refractivity contribution in [2.24, 2.45) is 11.8 Å². The Morgan fingerprint density at radius 2 is 0.533 bits per heavy atom. The molecule has 0 aliphatic rings. The first-order valence-electron chi connectivity index (χ1n) is 37.1. The van der Waals surface area contributed by atoms with E-state index in [4.69, 9.17) is 37.0 Å². The lowest BCUT2D eigenvalue weighted by atomic mass is 9.99. The van der Waals surface area contributed by atoms with Crippen molar-refractivity contribution in [3.63, 3.8) is 0 Å². The van der Waals surface area contributed by atoms with E-state index < -0.39 is 97.5 Å². The molecule has 0 aromatic heterocycles. The summed E-state index contributed by atoms with van der Waals surface area (Å²) in [7, 11) is -9.90. The Morgan fingerprint density at radius 1 is 0.311 bits per heavy atom. The Morgan fingerprint density at radius 3 is 0.789 bits per heavy atom. The number of hydrogen-bond acceptors (Lipinski definition) is 15. The van der Waals surface area contributed by atoms with Crippen LogP contribution in [0.4, 0.5) is 0 Å². The molecule has 0 aromatic carbocycles. The van der Waals surface area contributed by atoms with Gasteiger partial charge in [-0.25, -0.2) is 9.13 Å². The van der Waals surface area contributed by atoms with Gasteiger partial charge in [-0.2, -0.15) is 0 Å². The zero-order chi connectivity index (χ0) is 66.5. The van der Waals surface area contributed by atoms with Gasteiger partial charge < -0.3 is 33.8 Å². The second kappa shape index (κ2) is 63.1. The number of esters is 4. The quantitative estimate of drug-likeness (QED) is 0.0222. The first-order chi connectivity index (χ1) is 43.4. The van der Waals surface area contributed by atoms with E-state index in [-0.39, 0.29) is 25.7 Å². The molecule has 4 unspecified atom stereocenters. The highest BCUT2D eigenvalue weighted by Gasteiger charge is 2.30. The van der Waals surface area contributed by atoms with Crippen molar-refractivity contribution in [1.29, 1.82) is 0 Å². The van der Waals surface area contributed by atoms with Gasteiger partial charge in [0.2, 0.25) is 0 Å². The molecule has 0 rings (SSSR count). The summed E-state index contributed by atoms with van der Waals surface area (Å²) in [6, 6.07) is 0. The molecule has 0 aliphatic carbocycles. The molecular weight excluding hydrogens is 1190 g/mol. The van der Waals surface area contributed by atoms with E-state index in [1.807, 2.05) is 0 Å². The summed E-state index contributed by atoms with van der Waals surface area (Å²) in [5.41, 5.74) is 0. The van der Waals surface area contributed by atoms with Crippen LogP contribution in [-0.4, -0.2) is 96.7 Å². The van der Waals surface area contributed by atoms with Crippen LogP contribution >= 0.6 is 15.6 Å². The third-order valence-corrected chi connectivity index (χ3v) is 19.1. The van der Waals surface area contributed by atoms with Crippen molar-refractivity contribution in [2.75, 3.05) is 39.6 Å². The van der Waals surface area contributed by atoms with Gasteiger partial charge in [-0.05, 0) is 37.5 Å². The molecule has 0 saturated carbocycles. The zero-order valence-corrected chi connectivity index (χ0v) is 60.2. The molecule has 0 saturated heterocycles. The third-order valence-electron chi connectivity index (χ3n) is 17.2. The summed E-state index contributed by atoms with van der Waals surface area (Å²) >= 11 is 0. The van der Waals surface area contributed by atoms with Crippen LogP contribution in [0.25, 0.3) is 0 Å². The number of hydrogen-bond donors (Lipinski definition) is 3. The molecule has 3 N–H and O–H groups in total. The van der Waals surface area contributed by atoms with Gasteiger partial charge >= 0.3 is 39.5 Å². The van der Waals surface area contributed by atoms with Gasteiger partial charge in [-0.15, -0.1) is 0 Å². The highest BCUT2D eigenvalue weighted by Crippen LogP contribution is 2.45. The topological polar surface area (TPSA) is 237 Å². The molecule has 0 radical (unpaired) electrons. The Hall–Kier alpha value is -1.94. The molecule has 0 fully saturated rings. The molecule has 17 nitrogen and oxygen atoms in total. The maximum atomic E-state index is 13.0. The van der Waals surface area contributed by atoms with Crippen LogP contribution in [0.15, 0.2) is 0 Å². The Balaban J connectivity index is 5.22. The van der Waals surface area contributed by atoms with Crippen molar-refractivity contribution in [2.45, 2.75) is 381 Å². The molecule has 0 spiro atoms. The zero-order valence-electron chi connectivity index (χ0n) is 58.4. The molecule has 0 aromatic rings. The molecule has 534 valence electrons. The lowest BCUT2D eigenvalue weighted by molar-refractivity contribution is -0.161. The van der Waals surface area contributed by atoms with Crippen molar-refractivity contribution in [3.05, 3.63) is 0 Å². The predicted molar refractivity (Wildman–Crippen MR) is 363 cm³/mol. The number of aliphatic hydroxyl groups is 1. The number of rotatable bonds is 70. The average molecular weight is 1330 g/mol. The highest BCUT2D eigenvalue weighted by molar-refractivity contribution is 7.47. The Kier molecular flexibility index (Phi) is 61.8.